The van der Waals surface area contributed by atoms with Crippen LogP contribution < -0.4 is 0 Å². The number of rotatable bonds is 2. The zero-order chi connectivity index (χ0) is 10.7. The molecule has 15 heavy (non-hydrogen) atoms. The van der Waals surface area contributed by atoms with Gasteiger partial charge in [0.05, 0.1) is 6.61 Å². The van der Waals surface area contributed by atoms with E-state index >= 15 is 0 Å². The largest absolute Gasteiger partial charge is 0.395 e. The van der Waals surface area contributed by atoms with Crippen molar-refractivity contribution in [3.8, 4) is 0 Å². The monoisotopic (exact) mass is 229 g/mol. The van der Waals surface area contributed by atoms with Crippen LogP contribution in [-0.2, 0) is 4.79 Å². The summed E-state index contributed by atoms with van der Waals surface area (Å²) in [6.45, 7) is 1.34. The molecular weight excluding hydrogens is 210 g/mol. The SMILES string of the molecule is O=C1CCC(N2CCSCC2CO)CC1. The molecule has 1 heterocycles. The van der Waals surface area contributed by atoms with Gasteiger partial charge in [0.25, 0.3) is 0 Å². The van der Waals surface area contributed by atoms with Crippen molar-refractivity contribution in [3.63, 3.8) is 0 Å². The van der Waals surface area contributed by atoms with Gasteiger partial charge < -0.3 is 5.11 Å². The van der Waals surface area contributed by atoms with Crippen LogP contribution in [0.25, 0.3) is 0 Å². The Kier molecular flexibility index (Phi) is 4.05. The summed E-state index contributed by atoms with van der Waals surface area (Å²) in [4.78, 5) is 13.6. The van der Waals surface area contributed by atoms with Gasteiger partial charge in [-0.1, -0.05) is 0 Å². The van der Waals surface area contributed by atoms with Gasteiger partial charge in [0, 0.05) is 43.0 Å². The van der Waals surface area contributed by atoms with E-state index in [9.17, 15) is 9.90 Å². The average molecular weight is 229 g/mol. The Bertz CT molecular complexity index is 225. The van der Waals surface area contributed by atoms with E-state index in [0.29, 0.717) is 17.9 Å². The molecule has 0 bridgehead atoms. The second-order valence-corrected chi connectivity index (χ2v) is 5.57. The lowest BCUT2D eigenvalue weighted by Gasteiger charge is -2.41. The van der Waals surface area contributed by atoms with Crippen molar-refractivity contribution in [2.24, 2.45) is 0 Å². The molecule has 1 saturated heterocycles. The fourth-order valence-corrected chi connectivity index (χ4v) is 3.64. The molecule has 0 amide bonds. The molecular formula is C11H19NO2S. The number of hydrogen-bond acceptors (Lipinski definition) is 4. The van der Waals surface area contributed by atoms with Crippen molar-refractivity contribution in [1.82, 2.24) is 4.90 Å². The standard InChI is InChI=1S/C11H19NO2S/c13-7-10-8-15-6-5-12(10)9-1-3-11(14)4-2-9/h9-10,13H,1-8H2. The molecule has 1 aliphatic carbocycles. The number of aliphatic hydroxyl groups excluding tert-OH is 1. The number of thioether (sulfide) groups is 1. The molecule has 2 fully saturated rings. The maximum Gasteiger partial charge on any atom is 0.133 e. The first kappa shape index (κ1) is 11.4. The van der Waals surface area contributed by atoms with Crippen molar-refractivity contribution in [3.05, 3.63) is 0 Å². The molecule has 86 valence electrons. The van der Waals surface area contributed by atoms with E-state index in [2.05, 4.69) is 4.90 Å². The summed E-state index contributed by atoms with van der Waals surface area (Å²) >= 11 is 1.93. The first-order valence-corrected chi connectivity index (χ1v) is 6.93. The third-order valence-corrected chi connectivity index (χ3v) is 4.56. The van der Waals surface area contributed by atoms with Gasteiger partial charge in [-0.15, -0.1) is 0 Å². The van der Waals surface area contributed by atoms with E-state index < -0.39 is 0 Å². The summed E-state index contributed by atoms with van der Waals surface area (Å²) in [6.07, 6.45) is 3.49. The number of hydrogen-bond donors (Lipinski definition) is 1. The van der Waals surface area contributed by atoms with Crippen LogP contribution in [-0.4, -0.2) is 52.5 Å². The highest BCUT2D eigenvalue weighted by Gasteiger charge is 2.30. The van der Waals surface area contributed by atoms with Crippen LogP contribution in [0.1, 0.15) is 25.7 Å². The molecule has 0 radical (unpaired) electrons. The zero-order valence-corrected chi connectivity index (χ0v) is 9.84. The highest BCUT2D eigenvalue weighted by Crippen LogP contribution is 2.26. The number of Topliss-reactive ketones (excluding diaryl/α,β-unsaturated/α-hetero) is 1. The van der Waals surface area contributed by atoms with E-state index in [1.54, 1.807) is 0 Å². The predicted molar refractivity (Wildman–Crippen MR) is 62.2 cm³/mol. The molecule has 1 atom stereocenters. The van der Waals surface area contributed by atoms with E-state index in [0.717, 1.165) is 38.0 Å². The molecule has 0 aromatic carbocycles. The third kappa shape index (κ3) is 2.74. The summed E-state index contributed by atoms with van der Waals surface area (Å²) in [5, 5.41) is 9.32. The summed E-state index contributed by atoms with van der Waals surface area (Å²) in [6, 6.07) is 0.864. The van der Waals surface area contributed by atoms with Gasteiger partial charge in [0.1, 0.15) is 5.78 Å². The van der Waals surface area contributed by atoms with Crippen molar-refractivity contribution in [1.29, 1.82) is 0 Å². The Morgan fingerprint density at radius 2 is 2.13 bits per heavy atom. The Morgan fingerprint density at radius 1 is 1.40 bits per heavy atom. The molecule has 1 saturated carbocycles. The summed E-state index contributed by atoms with van der Waals surface area (Å²) in [7, 11) is 0. The maximum atomic E-state index is 11.2. The van der Waals surface area contributed by atoms with Crippen molar-refractivity contribution < 1.29 is 9.90 Å². The predicted octanol–water partition coefficient (Wildman–Crippen LogP) is 0.908. The number of aliphatic hydroxyl groups is 1. The fourth-order valence-electron chi connectivity index (χ4n) is 2.56. The summed E-state index contributed by atoms with van der Waals surface area (Å²) < 4.78 is 0. The highest BCUT2D eigenvalue weighted by molar-refractivity contribution is 7.99. The van der Waals surface area contributed by atoms with Gasteiger partial charge in [-0.05, 0) is 12.8 Å². The summed E-state index contributed by atoms with van der Waals surface area (Å²) in [5.74, 6) is 2.63. The van der Waals surface area contributed by atoms with E-state index in [1.807, 2.05) is 11.8 Å². The van der Waals surface area contributed by atoms with E-state index in [-0.39, 0.29) is 6.61 Å². The quantitative estimate of drug-likeness (QED) is 0.764. The molecule has 2 rings (SSSR count). The van der Waals surface area contributed by atoms with Crippen molar-refractivity contribution in [2.45, 2.75) is 37.8 Å². The van der Waals surface area contributed by atoms with Crippen LogP contribution in [0.15, 0.2) is 0 Å². The number of nitrogens with zero attached hydrogens (tertiary/aromatic N) is 1. The molecule has 0 aromatic rings. The van der Waals surface area contributed by atoms with Crippen molar-refractivity contribution in [2.75, 3.05) is 24.7 Å². The lowest BCUT2D eigenvalue weighted by atomic mass is 9.92. The first-order chi connectivity index (χ1) is 7.31. The van der Waals surface area contributed by atoms with Gasteiger partial charge in [-0.25, -0.2) is 0 Å². The second-order valence-electron chi connectivity index (χ2n) is 4.42. The smallest absolute Gasteiger partial charge is 0.133 e. The van der Waals surface area contributed by atoms with E-state index in [1.165, 1.54) is 5.75 Å². The molecule has 1 N–H and O–H groups in total. The molecule has 4 heteroatoms. The van der Waals surface area contributed by atoms with E-state index in [4.69, 9.17) is 0 Å². The van der Waals surface area contributed by atoms with Crippen LogP contribution in [0.2, 0.25) is 0 Å². The van der Waals surface area contributed by atoms with Gasteiger partial charge >= 0.3 is 0 Å². The number of carbonyl (C=O) groups is 1. The minimum absolute atomic E-state index is 0.261. The van der Waals surface area contributed by atoms with Crippen LogP contribution in [0.4, 0.5) is 0 Å². The maximum absolute atomic E-state index is 11.2. The topological polar surface area (TPSA) is 40.5 Å². The van der Waals surface area contributed by atoms with Gasteiger partial charge in [-0.2, -0.15) is 11.8 Å². The Labute approximate surface area is 95.2 Å². The number of carbonyl (C=O) groups excluding carboxylic acids is 1. The lowest BCUT2D eigenvalue weighted by Crippen LogP contribution is -2.51. The molecule has 1 unspecified atom stereocenters. The Hall–Kier alpha value is -0.0600. The minimum atomic E-state index is 0.261. The molecule has 3 nitrogen and oxygen atoms in total. The minimum Gasteiger partial charge on any atom is -0.395 e. The number of ketones is 1. The van der Waals surface area contributed by atoms with Gasteiger partial charge in [0.2, 0.25) is 0 Å². The van der Waals surface area contributed by atoms with Gasteiger partial charge in [0.15, 0.2) is 0 Å². The zero-order valence-electron chi connectivity index (χ0n) is 9.02. The Morgan fingerprint density at radius 3 is 2.80 bits per heavy atom. The Balaban J connectivity index is 1.92. The lowest BCUT2D eigenvalue weighted by molar-refractivity contribution is -0.121. The first-order valence-electron chi connectivity index (χ1n) is 5.77. The molecule has 0 spiro atoms. The van der Waals surface area contributed by atoms with Crippen LogP contribution in [0.3, 0.4) is 0 Å². The van der Waals surface area contributed by atoms with Crippen LogP contribution in [0.5, 0.6) is 0 Å². The van der Waals surface area contributed by atoms with Gasteiger partial charge in [-0.3, -0.25) is 9.69 Å². The molecule has 1 aliphatic heterocycles. The van der Waals surface area contributed by atoms with Crippen LogP contribution in [0, 0.1) is 0 Å². The molecule has 2 aliphatic rings. The normalized spacial score (nSPS) is 30.7. The summed E-state index contributed by atoms with van der Waals surface area (Å²) in [5.41, 5.74) is 0. The highest BCUT2D eigenvalue weighted by atomic mass is 32.2. The fraction of sp³-hybridized carbons (Fsp3) is 0.909. The van der Waals surface area contributed by atoms with Crippen molar-refractivity contribution >= 4 is 17.5 Å². The second kappa shape index (κ2) is 5.32. The average Bonchev–Trinajstić information content (AvgIpc) is 2.30. The molecule has 0 aromatic heterocycles. The van der Waals surface area contributed by atoms with Crippen LogP contribution >= 0.6 is 11.8 Å². The third-order valence-electron chi connectivity index (χ3n) is 3.47.